The van der Waals surface area contributed by atoms with Gasteiger partial charge in [0.2, 0.25) is 0 Å². The highest BCUT2D eigenvalue weighted by Crippen LogP contribution is 2.26. The first-order chi connectivity index (χ1) is 13.6. The highest BCUT2D eigenvalue weighted by molar-refractivity contribution is 5.99. The Kier molecular flexibility index (Phi) is 6.06. The van der Waals surface area contributed by atoms with Crippen molar-refractivity contribution in [1.82, 2.24) is 15.3 Å². The molecule has 0 aliphatic rings. The molecule has 3 rings (SSSR count). The molecule has 2 aromatic heterocycles. The van der Waals surface area contributed by atoms with Crippen LogP contribution >= 0.6 is 0 Å². The Morgan fingerprint density at radius 3 is 2.46 bits per heavy atom. The van der Waals surface area contributed by atoms with Crippen molar-refractivity contribution in [2.45, 2.75) is 13.0 Å². The molecule has 28 heavy (non-hydrogen) atoms. The van der Waals surface area contributed by atoms with Crippen molar-refractivity contribution in [2.24, 2.45) is 0 Å². The van der Waals surface area contributed by atoms with Gasteiger partial charge in [0.05, 0.1) is 0 Å². The van der Waals surface area contributed by atoms with E-state index in [2.05, 4.69) is 15.3 Å². The standard InChI is InChI=1S/C21H22N4O3/c1-25(13-10-16-7-2-3-11-22-16)20-15(6-5-12-23-20)14-24-21(28)19-17(26)8-4-9-18(19)27/h2-9,11-12,26-27H,10,13-14H2,1H3,(H,24,28). The van der Waals surface area contributed by atoms with E-state index >= 15 is 0 Å². The second-order valence-electron chi connectivity index (χ2n) is 6.33. The molecular formula is C21H22N4O3. The molecule has 144 valence electrons. The van der Waals surface area contributed by atoms with Gasteiger partial charge in [-0.25, -0.2) is 4.98 Å². The van der Waals surface area contributed by atoms with E-state index in [-0.39, 0.29) is 23.6 Å². The first-order valence-electron chi connectivity index (χ1n) is 8.90. The quantitative estimate of drug-likeness (QED) is 0.584. The Bertz CT molecular complexity index is 927. The highest BCUT2D eigenvalue weighted by atomic mass is 16.3. The lowest BCUT2D eigenvalue weighted by Gasteiger charge is -2.21. The van der Waals surface area contributed by atoms with Crippen LogP contribution in [0.15, 0.2) is 60.9 Å². The van der Waals surface area contributed by atoms with Crippen LogP contribution in [0.25, 0.3) is 0 Å². The van der Waals surface area contributed by atoms with Gasteiger partial charge in [-0.3, -0.25) is 9.78 Å². The van der Waals surface area contributed by atoms with Gasteiger partial charge in [0.25, 0.3) is 5.91 Å². The van der Waals surface area contributed by atoms with Crippen molar-refractivity contribution < 1.29 is 15.0 Å². The normalized spacial score (nSPS) is 10.5. The third-order valence-corrected chi connectivity index (χ3v) is 4.35. The molecule has 0 aliphatic carbocycles. The van der Waals surface area contributed by atoms with Crippen LogP contribution in [0.5, 0.6) is 11.5 Å². The van der Waals surface area contributed by atoms with Gasteiger partial charge in [0, 0.05) is 50.2 Å². The molecule has 0 spiro atoms. The van der Waals surface area contributed by atoms with Crippen LogP contribution in [-0.4, -0.2) is 39.7 Å². The number of carbonyl (C=O) groups is 1. The summed E-state index contributed by atoms with van der Waals surface area (Å²) in [5.41, 5.74) is 1.68. The van der Waals surface area contributed by atoms with Crippen LogP contribution in [0.3, 0.4) is 0 Å². The summed E-state index contributed by atoms with van der Waals surface area (Å²) < 4.78 is 0. The predicted octanol–water partition coefficient (Wildman–Crippen LogP) is 2.50. The fourth-order valence-corrected chi connectivity index (χ4v) is 2.87. The zero-order chi connectivity index (χ0) is 19.9. The Labute approximate surface area is 163 Å². The monoisotopic (exact) mass is 378 g/mol. The maximum absolute atomic E-state index is 12.4. The highest BCUT2D eigenvalue weighted by Gasteiger charge is 2.17. The van der Waals surface area contributed by atoms with E-state index in [9.17, 15) is 15.0 Å². The summed E-state index contributed by atoms with van der Waals surface area (Å²) in [5, 5.41) is 22.4. The molecule has 7 heteroatoms. The van der Waals surface area contributed by atoms with E-state index < -0.39 is 5.91 Å². The van der Waals surface area contributed by atoms with Crippen molar-refractivity contribution in [3.63, 3.8) is 0 Å². The Morgan fingerprint density at radius 1 is 1.00 bits per heavy atom. The van der Waals surface area contributed by atoms with E-state index in [1.165, 1.54) is 18.2 Å². The van der Waals surface area contributed by atoms with E-state index in [1.54, 1.807) is 18.5 Å². The molecule has 0 saturated carbocycles. The zero-order valence-corrected chi connectivity index (χ0v) is 15.5. The third kappa shape index (κ3) is 4.56. The van der Waals surface area contributed by atoms with Crippen LogP contribution in [0, 0.1) is 0 Å². The number of nitrogens with one attached hydrogen (secondary N) is 1. The summed E-state index contributed by atoms with van der Waals surface area (Å²) in [6.07, 6.45) is 4.24. The summed E-state index contributed by atoms with van der Waals surface area (Å²) in [5.74, 6) is -0.338. The smallest absolute Gasteiger partial charge is 0.259 e. The fourth-order valence-electron chi connectivity index (χ4n) is 2.87. The van der Waals surface area contributed by atoms with Crippen LogP contribution in [0.1, 0.15) is 21.6 Å². The SMILES string of the molecule is CN(CCc1ccccn1)c1ncccc1CNC(=O)c1c(O)cccc1O. The molecule has 0 unspecified atom stereocenters. The number of nitrogens with zero attached hydrogens (tertiary/aromatic N) is 3. The number of hydrogen-bond donors (Lipinski definition) is 3. The van der Waals surface area contributed by atoms with Crippen molar-refractivity contribution in [2.75, 3.05) is 18.5 Å². The van der Waals surface area contributed by atoms with Gasteiger partial charge < -0.3 is 20.4 Å². The molecule has 2 heterocycles. The average molecular weight is 378 g/mol. The van der Waals surface area contributed by atoms with Crippen molar-refractivity contribution in [3.8, 4) is 11.5 Å². The van der Waals surface area contributed by atoms with Gasteiger partial charge >= 0.3 is 0 Å². The number of carbonyl (C=O) groups excluding carboxylic acids is 1. The lowest BCUT2D eigenvalue weighted by molar-refractivity contribution is 0.0945. The minimum absolute atomic E-state index is 0.142. The summed E-state index contributed by atoms with van der Waals surface area (Å²) in [7, 11) is 1.94. The van der Waals surface area contributed by atoms with Crippen LogP contribution in [-0.2, 0) is 13.0 Å². The number of hydrogen-bond acceptors (Lipinski definition) is 6. The summed E-state index contributed by atoms with van der Waals surface area (Å²) >= 11 is 0. The second kappa shape index (κ2) is 8.85. The molecule has 1 aromatic carbocycles. The number of phenolic OH excluding ortho intramolecular Hbond substituents is 2. The van der Waals surface area contributed by atoms with Gasteiger partial charge in [0.1, 0.15) is 22.9 Å². The van der Waals surface area contributed by atoms with E-state index in [4.69, 9.17) is 0 Å². The maximum Gasteiger partial charge on any atom is 0.259 e. The first-order valence-corrected chi connectivity index (χ1v) is 8.90. The number of anilines is 1. The van der Waals surface area contributed by atoms with Crippen LogP contribution < -0.4 is 10.2 Å². The first kappa shape index (κ1) is 19.2. The predicted molar refractivity (Wildman–Crippen MR) is 106 cm³/mol. The van der Waals surface area contributed by atoms with Crippen molar-refractivity contribution in [1.29, 1.82) is 0 Å². The van der Waals surface area contributed by atoms with Crippen molar-refractivity contribution in [3.05, 3.63) is 77.7 Å². The molecular weight excluding hydrogens is 356 g/mol. The summed E-state index contributed by atoms with van der Waals surface area (Å²) in [6.45, 7) is 0.930. The lowest BCUT2D eigenvalue weighted by atomic mass is 10.1. The zero-order valence-electron chi connectivity index (χ0n) is 15.5. The van der Waals surface area contributed by atoms with Gasteiger partial charge in [-0.05, 0) is 30.3 Å². The molecule has 0 fully saturated rings. The number of benzene rings is 1. The Balaban J connectivity index is 1.67. The minimum atomic E-state index is -0.554. The Morgan fingerprint density at radius 2 is 1.75 bits per heavy atom. The molecule has 3 aromatic rings. The summed E-state index contributed by atoms with van der Waals surface area (Å²) in [4.78, 5) is 23.1. The molecule has 1 amide bonds. The third-order valence-electron chi connectivity index (χ3n) is 4.35. The lowest BCUT2D eigenvalue weighted by Crippen LogP contribution is -2.27. The van der Waals surface area contributed by atoms with Gasteiger partial charge in [0.15, 0.2) is 0 Å². The molecule has 7 nitrogen and oxygen atoms in total. The molecule has 0 aliphatic heterocycles. The van der Waals surface area contributed by atoms with Gasteiger partial charge in [-0.15, -0.1) is 0 Å². The number of rotatable bonds is 7. The van der Waals surface area contributed by atoms with E-state index in [0.29, 0.717) is 0 Å². The molecule has 0 atom stereocenters. The molecule has 3 N–H and O–H groups in total. The molecule has 0 saturated heterocycles. The number of aromatic hydroxyl groups is 2. The topological polar surface area (TPSA) is 98.6 Å². The fraction of sp³-hybridized carbons (Fsp3) is 0.190. The molecule has 0 bridgehead atoms. The number of likely N-dealkylation sites (N-methyl/N-ethyl adjacent to an activating group) is 1. The van der Waals surface area contributed by atoms with Crippen molar-refractivity contribution >= 4 is 11.7 Å². The van der Waals surface area contributed by atoms with E-state index in [1.807, 2.05) is 36.2 Å². The van der Waals surface area contributed by atoms with Crippen LogP contribution in [0.4, 0.5) is 5.82 Å². The largest absolute Gasteiger partial charge is 0.507 e. The maximum atomic E-state index is 12.4. The Hall–Kier alpha value is -3.61. The number of amides is 1. The van der Waals surface area contributed by atoms with E-state index in [0.717, 1.165) is 30.0 Å². The van der Waals surface area contributed by atoms with Crippen LogP contribution in [0.2, 0.25) is 0 Å². The molecule has 0 radical (unpaired) electrons. The average Bonchev–Trinajstić information content (AvgIpc) is 2.71. The number of phenols is 2. The minimum Gasteiger partial charge on any atom is -0.507 e. The summed E-state index contributed by atoms with van der Waals surface area (Å²) in [6, 6.07) is 13.7. The van der Waals surface area contributed by atoms with Gasteiger partial charge in [-0.2, -0.15) is 0 Å². The van der Waals surface area contributed by atoms with Gasteiger partial charge in [-0.1, -0.05) is 18.2 Å². The number of pyridine rings is 2. The number of aromatic nitrogens is 2. The second-order valence-corrected chi connectivity index (χ2v) is 6.33.